The van der Waals surface area contributed by atoms with E-state index in [1.807, 2.05) is 18.2 Å². The highest BCUT2D eigenvalue weighted by Crippen LogP contribution is 2.25. The first kappa shape index (κ1) is 14.8. The molecule has 0 fully saturated rings. The van der Waals surface area contributed by atoms with E-state index in [-0.39, 0.29) is 0 Å². The van der Waals surface area contributed by atoms with Gasteiger partial charge in [0.25, 0.3) is 0 Å². The van der Waals surface area contributed by atoms with Crippen LogP contribution in [-0.2, 0) is 6.54 Å². The zero-order valence-corrected chi connectivity index (χ0v) is 12.2. The highest BCUT2D eigenvalue weighted by molar-refractivity contribution is 5.51. The lowest BCUT2D eigenvalue weighted by Crippen LogP contribution is -2.33. The van der Waals surface area contributed by atoms with Crippen molar-refractivity contribution in [2.24, 2.45) is 11.3 Å². The molecule has 18 heavy (non-hydrogen) atoms. The van der Waals surface area contributed by atoms with Gasteiger partial charge in [-0.15, -0.1) is 0 Å². The number of ether oxygens (including phenoxy) is 1. The third-order valence-corrected chi connectivity index (χ3v) is 3.81. The summed E-state index contributed by atoms with van der Waals surface area (Å²) in [6.45, 7) is 10.8. The molecule has 3 heteroatoms. The Hall–Kier alpha value is -1.22. The Kier molecular flexibility index (Phi) is 5.03. The smallest absolute Gasteiger partial charge is 0.120 e. The molecule has 1 aromatic carbocycles. The lowest BCUT2D eigenvalue weighted by molar-refractivity contribution is 0.238. The van der Waals surface area contributed by atoms with Gasteiger partial charge < -0.3 is 15.8 Å². The van der Waals surface area contributed by atoms with E-state index in [9.17, 15) is 0 Å². The van der Waals surface area contributed by atoms with Crippen LogP contribution in [0.15, 0.2) is 18.2 Å². The van der Waals surface area contributed by atoms with Crippen molar-refractivity contribution in [1.82, 2.24) is 5.32 Å². The summed E-state index contributed by atoms with van der Waals surface area (Å²) in [6.07, 6.45) is 0. The van der Waals surface area contributed by atoms with Crippen LogP contribution in [0, 0.1) is 11.3 Å². The summed E-state index contributed by atoms with van der Waals surface area (Å²) in [4.78, 5) is 0. The first-order chi connectivity index (χ1) is 8.36. The molecule has 0 atom stereocenters. The molecule has 3 nitrogen and oxygen atoms in total. The van der Waals surface area contributed by atoms with Crippen molar-refractivity contribution in [3.05, 3.63) is 23.8 Å². The van der Waals surface area contributed by atoms with Crippen LogP contribution in [0.4, 0.5) is 5.69 Å². The minimum Gasteiger partial charge on any atom is -0.497 e. The largest absolute Gasteiger partial charge is 0.497 e. The van der Waals surface area contributed by atoms with Crippen LogP contribution >= 0.6 is 0 Å². The fourth-order valence-electron chi connectivity index (χ4n) is 1.58. The Morgan fingerprint density at radius 1 is 1.33 bits per heavy atom. The average Bonchev–Trinajstić information content (AvgIpc) is 2.30. The van der Waals surface area contributed by atoms with Crippen LogP contribution in [-0.4, -0.2) is 13.7 Å². The number of methoxy groups -OCH3 is 1. The van der Waals surface area contributed by atoms with Crippen LogP contribution in [0.2, 0.25) is 0 Å². The second-order valence-electron chi connectivity index (χ2n) is 5.81. The summed E-state index contributed by atoms with van der Waals surface area (Å²) in [5.41, 5.74) is 8.18. The lowest BCUT2D eigenvalue weighted by atomic mass is 9.81. The fraction of sp³-hybridized carbons (Fsp3) is 0.600. The normalized spacial score (nSPS) is 11.9. The van der Waals surface area contributed by atoms with Gasteiger partial charge in [-0.1, -0.05) is 33.8 Å². The second-order valence-corrected chi connectivity index (χ2v) is 5.81. The minimum atomic E-state index is 0.293. The molecule has 0 bridgehead atoms. The predicted octanol–water partition coefficient (Wildman–Crippen LogP) is 3.05. The van der Waals surface area contributed by atoms with Crippen molar-refractivity contribution >= 4 is 5.69 Å². The quantitative estimate of drug-likeness (QED) is 0.763. The van der Waals surface area contributed by atoms with Crippen LogP contribution in [0.5, 0.6) is 5.75 Å². The SMILES string of the molecule is COc1ccc(CNCC(C)(C)C(C)C)c(N)c1. The van der Waals surface area contributed by atoms with Gasteiger partial charge >= 0.3 is 0 Å². The zero-order chi connectivity index (χ0) is 13.8. The maximum absolute atomic E-state index is 5.99. The molecule has 1 aromatic rings. The topological polar surface area (TPSA) is 47.3 Å². The van der Waals surface area contributed by atoms with Gasteiger partial charge in [0.2, 0.25) is 0 Å². The van der Waals surface area contributed by atoms with Crippen molar-refractivity contribution in [3.8, 4) is 5.75 Å². The van der Waals surface area contributed by atoms with Gasteiger partial charge in [-0.2, -0.15) is 0 Å². The number of benzene rings is 1. The molecule has 0 aliphatic carbocycles. The molecule has 0 aliphatic heterocycles. The first-order valence-corrected chi connectivity index (χ1v) is 6.50. The van der Waals surface area contributed by atoms with E-state index in [1.54, 1.807) is 7.11 Å². The van der Waals surface area contributed by atoms with Gasteiger partial charge in [-0.3, -0.25) is 0 Å². The summed E-state index contributed by atoms with van der Waals surface area (Å²) < 4.78 is 5.14. The molecule has 0 unspecified atom stereocenters. The van der Waals surface area contributed by atoms with Crippen LogP contribution in [0.1, 0.15) is 33.3 Å². The van der Waals surface area contributed by atoms with Crippen molar-refractivity contribution in [1.29, 1.82) is 0 Å². The van der Waals surface area contributed by atoms with Gasteiger partial charge in [0.15, 0.2) is 0 Å². The monoisotopic (exact) mass is 250 g/mol. The molecule has 0 heterocycles. The van der Waals surface area contributed by atoms with E-state index in [1.165, 1.54) is 0 Å². The zero-order valence-electron chi connectivity index (χ0n) is 12.2. The number of rotatable bonds is 6. The number of nitrogen functional groups attached to an aromatic ring is 1. The number of anilines is 1. The molecule has 102 valence electrons. The third-order valence-electron chi connectivity index (χ3n) is 3.81. The van der Waals surface area contributed by atoms with Crippen molar-refractivity contribution in [3.63, 3.8) is 0 Å². The molecule has 0 aliphatic rings. The van der Waals surface area contributed by atoms with Gasteiger partial charge in [0, 0.05) is 24.8 Å². The Labute approximate surface area is 111 Å². The van der Waals surface area contributed by atoms with Crippen molar-refractivity contribution in [2.45, 2.75) is 34.2 Å². The van der Waals surface area contributed by atoms with E-state index >= 15 is 0 Å². The Morgan fingerprint density at radius 2 is 2.00 bits per heavy atom. The molecule has 0 radical (unpaired) electrons. The van der Waals surface area contributed by atoms with Crippen LogP contribution < -0.4 is 15.8 Å². The molecular weight excluding hydrogens is 224 g/mol. The van der Waals surface area contributed by atoms with Gasteiger partial charge in [0.1, 0.15) is 5.75 Å². The Balaban J connectivity index is 2.54. The Bertz CT molecular complexity index is 386. The summed E-state index contributed by atoms with van der Waals surface area (Å²) in [5.74, 6) is 1.46. The molecule has 0 amide bonds. The van der Waals surface area contributed by atoms with Gasteiger partial charge in [0.05, 0.1) is 7.11 Å². The van der Waals surface area contributed by atoms with E-state index in [0.717, 1.165) is 30.1 Å². The number of nitrogens with one attached hydrogen (secondary N) is 1. The predicted molar refractivity (Wildman–Crippen MR) is 77.7 cm³/mol. The third kappa shape index (κ3) is 3.91. The molecule has 0 saturated heterocycles. The molecule has 0 aromatic heterocycles. The standard InChI is InChI=1S/C15H26N2O/c1-11(2)15(3,4)10-17-9-12-6-7-13(18-5)8-14(12)16/h6-8,11,17H,9-10,16H2,1-5H3. The molecule has 3 N–H and O–H groups in total. The van der Waals surface area contributed by atoms with E-state index < -0.39 is 0 Å². The summed E-state index contributed by atoms with van der Waals surface area (Å²) in [5, 5.41) is 3.48. The molecular formula is C15H26N2O. The molecule has 0 saturated carbocycles. The van der Waals surface area contributed by atoms with Gasteiger partial charge in [-0.05, 0) is 23.0 Å². The summed E-state index contributed by atoms with van der Waals surface area (Å²) >= 11 is 0. The number of hydrogen-bond donors (Lipinski definition) is 2. The van der Waals surface area contributed by atoms with E-state index in [2.05, 4.69) is 33.0 Å². The summed E-state index contributed by atoms with van der Waals surface area (Å²) in [6, 6.07) is 5.83. The average molecular weight is 250 g/mol. The Morgan fingerprint density at radius 3 is 2.50 bits per heavy atom. The van der Waals surface area contributed by atoms with Crippen LogP contribution in [0.25, 0.3) is 0 Å². The first-order valence-electron chi connectivity index (χ1n) is 6.50. The second kappa shape index (κ2) is 6.10. The highest BCUT2D eigenvalue weighted by Gasteiger charge is 2.21. The maximum Gasteiger partial charge on any atom is 0.120 e. The number of hydrogen-bond acceptors (Lipinski definition) is 3. The van der Waals surface area contributed by atoms with E-state index in [0.29, 0.717) is 11.3 Å². The summed E-state index contributed by atoms with van der Waals surface area (Å²) in [7, 11) is 1.65. The lowest BCUT2D eigenvalue weighted by Gasteiger charge is -2.29. The highest BCUT2D eigenvalue weighted by atomic mass is 16.5. The number of nitrogens with two attached hydrogens (primary N) is 1. The molecule has 0 spiro atoms. The van der Waals surface area contributed by atoms with Crippen molar-refractivity contribution in [2.75, 3.05) is 19.4 Å². The fourth-order valence-corrected chi connectivity index (χ4v) is 1.58. The van der Waals surface area contributed by atoms with Crippen LogP contribution in [0.3, 0.4) is 0 Å². The molecule has 1 rings (SSSR count). The maximum atomic E-state index is 5.99. The van der Waals surface area contributed by atoms with Gasteiger partial charge in [-0.25, -0.2) is 0 Å². The van der Waals surface area contributed by atoms with Crippen molar-refractivity contribution < 1.29 is 4.74 Å². The van der Waals surface area contributed by atoms with E-state index in [4.69, 9.17) is 10.5 Å². The minimum absolute atomic E-state index is 0.293.